The number of hydrazone groups is 1. The van der Waals surface area contributed by atoms with Gasteiger partial charge in [0.2, 0.25) is 0 Å². The second-order valence-electron chi connectivity index (χ2n) is 15.4. The van der Waals surface area contributed by atoms with E-state index in [-0.39, 0.29) is 23.0 Å². The van der Waals surface area contributed by atoms with Gasteiger partial charge in [0.05, 0.1) is 25.9 Å². The maximum Gasteiger partial charge on any atom is 0.191 e. The molecule has 1 aromatic rings. The van der Waals surface area contributed by atoms with E-state index in [0.717, 1.165) is 63.0 Å². The molecule has 1 spiro atoms. The van der Waals surface area contributed by atoms with Crippen molar-refractivity contribution in [1.29, 1.82) is 0 Å². The van der Waals surface area contributed by atoms with Crippen LogP contribution in [0.15, 0.2) is 29.4 Å². The molecule has 1 aromatic carbocycles. The minimum Gasteiger partial charge on any atom is -0.497 e. The summed E-state index contributed by atoms with van der Waals surface area (Å²) in [5, 5.41) is 19.6. The molecule has 0 aromatic heterocycles. The highest BCUT2D eigenvalue weighted by molar-refractivity contribution is 7.80. The summed E-state index contributed by atoms with van der Waals surface area (Å²) in [6.45, 7) is 10.5. The summed E-state index contributed by atoms with van der Waals surface area (Å²) in [5.74, 6) is 3.96. The lowest BCUT2D eigenvalue weighted by Crippen LogP contribution is -2.58. The lowest BCUT2D eigenvalue weighted by Gasteiger charge is -2.61. The first-order valence-electron chi connectivity index (χ1n) is 16.9. The molecular formula is C35H51N3O4S. The standard InChI is InChI=1S/C35H51N3O4S/c1-20-12-15-35(41-19-20)21(2)31-29(42-35)17-28-26-11-6-22-16-24(39)13-14-33(22,3)27(26)18-30(34(28,31)4)37-38-32(43)36-23-7-9-25(40-5)10-8-23/h7-10,20-22,24,26-29,31,39H,6,11-19H2,1-5H3,(H2,36,38,43)/b37-30+/t20-,21+,22+,24+,26-,27+,28+,29+,31+,33+,34-,35-/m1/s1. The minimum absolute atomic E-state index is 0.0821. The van der Waals surface area contributed by atoms with Gasteiger partial charge < -0.3 is 24.6 Å². The number of aliphatic hydroxyl groups excluding tert-OH is 1. The van der Waals surface area contributed by atoms with Crippen LogP contribution in [0.4, 0.5) is 5.69 Å². The summed E-state index contributed by atoms with van der Waals surface area (Å²) in [6, 6.07) is 7.78. The molecule has 12 atom stereocenters. The van der Waals surface area contributed by atoms with Crippen LogP contribution in [0.25, 0.3) is 0 Å². The Bertz CT molecular complexity index is 1250. The third-order valence-electron chi connectivity index (χ3n) is 13.4. The second-order valence-corrected chi connectivity index (χ2v) is 15.8. The molecule has 6 fully saturated rings. The van der Waals surface area contributed by atoms with Crippen molar-refractivity contribution in [2.75, 3.05) is 19.0 Å². The molecule has 6 aliphatic rings. The van der Waals surface area contributed by atoms with Crippen LogP contribution in [0.1, 0.15) is 85.5 Å². The van der Waals surface area contributed by atoms with Gasteiger partial charge in [0.1, 0.15) is 5.75 Å². The van der Waals surface area contributed by atoms with Gasteiger partial charge in [-0.1, -0.05) is 27.7 Å². The van der Waals surface area contributed by atoms with Gasteiger partial charge in [-0.15, -0.1) is 0 Å². The average molecular weight is 610 g/mol. The van der Waals surface area contributed by atoms with Gasteiger partial charge in [-0.25, -0.2) is 0 Å². The number of ether oxygens (including phenoxy) is 3. The number of thiocarbonyl (C=S) groups is 1. The van der Waals surface area contributed by atoms with Crippen molar-refractivity contribution < 1.29 is 19.3 Å². The van der Waals surface area contributed by atoms with Crippen LogP contribution in [0, 0.1) is 52.3 Å². The molecule has 2 aliphatic heterocycles. The van der Waals surface area contributed by atoms with E-state index in [1.807, 2.05) is 24.3 Å². The third-order valence-corrected chi connectivity index (χ3v) is 13.6. The SMILES string of the molecule is COc1ccc(NC(=S)N/N=C2\C[C@H]3[C@@H](CC[C@H]4C[C@@H](O)CC[C@@]43C)[C@@H]3C[C@@H]4O[C@]5(CC[C@@H](C)CO5)[C@@H](C)[C@@H]4[C@@]23C)cc1. The smallest absolute Gasteiger partial charge is 0.191 e. The molecule has 236 valence electrons. The summed E-state index contributed by atoms with van der Waals surface area (Å²) >= 11 is 5.76. The zero-order valence-electron chi connectivity index (χ0n) is 26.6. The number of rotatable bonds is 3. The first-order valence-corrected chi connectivity index (χ1v) is 17.3. The molecule has 0 unspecified atom stereocenters. The van der Waals surface area contributed by atoms with E-state index >= 15 is 0 Å². The van der Waals surface area contributed by atoms with E-state index in [1.165, 1.54) is 18.6 Å². The molecule has 3 N–H and O–H groups in total. The van der Waals surface area contributed by atoms with Crippen molar-refractivity contribution in [2.45, 2.75) is 103 Å². The van der Waals surface area contributed by atoms with Gasteiger partial charge in [0.15, 0.2) is 10.9 Å². The van der Waals surface area contributed by atoms with Gasteiger partial charge in [-0.05, 0) is 123 Å². The van der Waals surface area contributed by atoms with Gasteiger partial charge >= 0.3 is 0 Å². The number of aliphatic hydroxyl groups is 1. The number of benzene rings is 1. The predicted molar refractivity (Wildman–Crippen MR) is 173 cm³/mol. The van der Waals surface area contributed by atoms with Crippen LogP contribution in [0.2, 0.25) is 0 Å². The van der Waals surface area contributed by atoms with Crippen molar-refractivity contribution in [3.63, 3.8) is 0 Å². The summed E-state index contributed by atoms with van der Waals surface area (Å²) in [6.07, 6.45) is 9.74. The molecule has 7 rings (SSSR count). The Balaban J connectivity index is 1.20. The van der Waals surface area contributed by atoms with E-state index in [2.05, 4.69) is 38.4 Å². The van der Waals surface area contributed by atoms with Crippen LogP contribution < -0.4 is 15.5 Å². The van der Waals surface area contributed by atoms with E-state index in [9.17, 15) is 5.11 Å². The highest BCUT2D eigenvalue weighted by Crippen LogP contribution is 2.70. The highest BCUT2D eigenvalue weighted by Gasteiger charge is 2.71. The van der Waals surface area contributed by atoms with E-state index in [1.54, 1.807) is 7.11 Å². The van der Waals surface area contributed by atoms with Crippen LogP contribution in [-0.4, -0.2) is 47.6 Å². The van der Waals surface area contributed by atoms with Crippen LogP contribution in [0.5, 0.6) is 5.75 Å². The fourth-order valence-electron chi connectivity index (χ4n) is 11.1. The number of hydrogen-bond acceptors (Lipinski definition) is 6. The first kappa shape index (κ1) is 29.9. The fraction of sp³-hybridized carbons (Fsp3) is 0.771. The fourth-order valence-corrected chi connectivity index (χ4v) is 11.2. The quantitative estimate of drug-likeness (QED) is 0.258. The summed E-state index contributed by atoms with van der Waals surface area (Å²) in [7, 11) is 1.67. The normalized spacial score (nSPS) is 47.8. The first-order chi connectivity index (χ1) is 20.6. The lowest BCUT2D eigenvalue weighted by molar-refractivity contribution is -0.272. The van der Waals surface area contributed by atoms with Crippen LogP contribution in [0.3, 0.4) is 0 Å². The van der Waals surface area contributed by atoms with Crippen molar-refractivity contribution in [1.82, 2.24) is 5.43 Å². The zero-order chi connectivity index (χ0) is 30.1. The third kappa shape index (κ3) is 4.76. The predicted octanol–water partition coefficient (Wildman–Crippen LogP) is 6.75. The van der Waals surface area contributed by atoms with Crippen LogP contribution >= 0.6 is 12.2 Å². The number of methoxy groups -OCH3 is 1. The molecule has 2 saturated heterocycles. The molecule has 43 heavy (non-hydrogen) atoms. The Hall–Kier alpha value is -1.74. The lowest BCUT2D eigenvalue weighted by atomic mass is 9.44. The van der Waals surface area contributed by atoms with E-state index in [4.69, 9.17) is 31.5 Å². The van der Waals surface area contributed by atoms with Crippen molar-refractivity contribution in [3.05, 3.63) is 24.3 Å². The maximum absolute atomic E-state index is 10.6. The molecule has 7 nitrogen and oxygen atoms in total. The maximum atomic E-state index is 10.6. The van der Waals surface area contributed by atoms with E-state index < -0.39 is 5.79 Å². The zero-order valence-corrected chi connectivity index (χ0v) is 27.4. The Morgan fingerprint density at radius 3 is 2.56 bits per heavy atom. The molecular weight excluding hydrogens is 558 g/mol. The largest absolute Gasteiger partial charge is 0.497 e. The molecule has 4 aliphatic carbocycles. The molecule has 0 bridgehead atoms. The monoisotopic (exact) mass is 609 g/mol. The minimum atomic E-state index is -0.459. The number of anilines is 1. The van der Waals surface area contributed by atoms with Crippen LogP contribution in [-0.2, 0) is 9.47 Å². The second kappa shape index (κ2) is 11.0. The average Bonchev–Trinajstić information content (AvgIpc) is 3.44. The van der Waals surface area contributed by atoms with Crippen molar-refractivity contribution in [3.8, 4) is 5.75 Å². The Morgan fingerprint density at radius 1 is 1.05 bits per heavy atom. The van der Waals surface area contributed by atoms with Gasteiger partial charge in [0, 0.05) is 35.1 Å². The number of fused-ring (bicyclic) bond motifs is 7. The highest BCUT2D eigenvalue weighted by atomic mass is 32.1. The number of nitrogens with zero attached hydrogens (tertiary/aromatic N) is 1. The molecule has 0 radical (unpaired) electrons. The van der Waals surface area contributed by atoms with Crippen molar-refractivity contribution >= 4 is 28.7 Å². The number of hydrogen-bond donors (Lipinski definition) is 3. The van der Waals surface area contributed by atoms with Gasteiger partial charge in [-0.2, -0.15) is 5.10 Å². The summed E-state index contributed by atoms with van der Waals surface area (Å²) in [5.41, 5.74) is 5.61. The summed E-state index contributed by atoms with van der Waals surface area (Å²) in [4.78, 5) is 0. The topological polar surface area (TPSA) is 84.3 Å². The van der Waals surface area contributed by atoms with Crippen molar-refractivity contribution in [2.24, 2.45) is 57.4 Å². The Morgan fingerprint density at radius 2 is 1.84 bits per heavy atom. The Labute approximate surface area is 262 Å². The van der Waals surface area contributed by atoms with Gasteiger partial charge in [0.25, 0.3) is 0 Å². The molecule has 4 saturated carbocycles. The summed E-state index contributed by atoms with van der Waals surface area (Å²) < 4.78 is 18.9. The molecule has 8 heteroatoms. The number of nitrogens with one attached hydrogen (secondary N) is 2. The van der Waals surface area contributed by atoms with Gasteiger partial charge in [-0.3, -0.25) is 5.43 Å². The van der Waals surface area contributed by atoms with E-state index in [0.29, 0.717) is 46.5 Å². The Kier molecular flexibility index (Phi) is 7.63. The molecule has 2 heterocycles. The molecule has 0 amide bonds.